The van der Waals surface area contributed by atoms with Gasteiger partial charge in [0.25, 0.3) is 11.8 Å². The molecule has 0 radical (unpaired) electrons. The summed E-state index contributed by atoms with van der Waals surface area (Å²) in [4.78, 5) is 24.2. The van der Waals surface area contributed by atoms with E-state index in [1.54, 1.807) is 25.3 Å². The average Bonchev–Trinajstić information content (AvgIpc) is 2.67. The number of carbonyl (C=O) groups excluding carboxylic acids is 2. The van der Waals surface area contributed by atoms with Gasteiger partial charge in [0.2, 0.25) is 0 Å². The lowest BCUT2D eigenvalue weighted by atomic mass is 10.2. The molecule has 6 nitrogen and oxygen atoms in total. The molecule has 0 spiro atoms. The fourth-order valence-electron chi connectivity index (χ4n) is 1.70. The molecule has 0 atom stereocenters. The zero-order valence-corrected chi connectivity index (χ0v) is 10.9. The van der Waals surface area contributed by atoms with E-state index in [0.29, 0.717) is 17.2 Å². The van der Waals surface area contributed by atoms with E-state index in [-0.39, 0.29) is 17.5 Å². The summed E-state index contributed by atoms with van der Waals surface area (Å²) in [6.45, 7) is 0. The number of hydrogen-bond acceptors (Lipinski definition) is 5. The van der Waals surface area contributed by atoms with Crippen LogP contribution < -0.4 is 14.8 Å². The number of methoxy groups -OCH3 is 2. The topological polar surface area (TPSA) is 67.9 Å². The number of carbonyl (C=O) groups is 2. The maximum absolute atomic E-state index is 11.8. The summed E-state index contributed by atoms with van der Waals surface area (Å²) in [6.07, 6.45) is 1.26. The Bertz CT molecular complexity index is 566. The third-order valence-corrected chi connectivity index (χ3v) is 2.81. The summed E-state index contributed by atoms with van der Waals surface area (Å²) in [5.74, 6) is 0.445. The van der Waals surface area contributed by atoms with E-state index in [1.165, 1.54) is 20.2 Å². The second-order valence-corrected chi connectivity index (χ2v) is 3.95. The zero-order valence-electron chi connectivity index (χ0n) is 10.9. The molecule has 1 heterocycles. The Labute approximate surface area is 110 Å². The van der Waals surface area contributed by atoms with Crippen molar-refractivity contribution in [2.24, 2.45) is 0 Å². The van der Waals surface area contributed by atoms with Crippen LogP contribution in [0.5, 0.6) is 11.5 Å². The van der Waals surface area contributed by atoms with E-state index in [9.17, 15) is 9.59 Å². The Hall–Kier alpha value is -2.50. The minimum absolute atomic E-state index is 0.218. The molecule has 19 heavy (non-hydrogen) atoms. The van der Waals surface area contributed by atoms with Crippen LogP contribution in [-0.4, -0.2) is 38.0 Å². The molecule has 0 bridgehead atoms. The van der Waals surface area contributed by atoms with E-state index < -0.39 is 0 Å². The predicted octanol–water partition coefficient (Wildman–Crippen LogP) is 0.998. The number of rotatable bonds is 4. The second-order valence-electron chi connectivity index (χ2n) is 3.95. The maximum Gasteiger partial charge on any atom is 0.277 e. The van der Waals surface area contributed by atoms with Gasteiger partial charge >= 0.3 is 0 Å². The van der Waals surface area contributed by atoms with Gasteiger partial charge in [-0.05, 0) is 12.1 Å². The highest BCUT2D eigenvalue weighted by Gasteiger charge is 2.28. The van der Waals surface area contributed by atoms with Gasteiger partial charge in [-0.2, -0.15) is 0 Å². The smallest absolute Gasteiger partial charge is 0.277 e. The normalized spacial score (nSPS) is 14.5. The molecule has 0 saturated carbocycles. The van der Waals surface area contributed by atoms with Crippen LogP contribution in [0.3, 0.4) is 0 Å². The number of nitrogens with one attached hydrogen (secondary N) is 1. The third-order valence-electron chi connectivity index (χ3n) is 2.81. The molecule has 1 aromatic rings. The molecule has 0 unspecified atom stereocenters. The standard InChI is InChI=1S/C13H14N2O4/c1-15-12(16)7-10(13(15)17)14-9-5-4-8(18-2)6-11(9)19-3/h4-7,14H,1-3H3. The molecular formula is C13H14N2O4. The Balaban J connectivity index is 2.27. The van der Waals surface area contributed by atoms with Gasteiger partial charge in [-0.25, -0.2) is 0 Å². The van der Waals surface area contributed by atoms with E-state index in [0.717, 1.165) is 4.90 Å². The van der Waals surface area contributed by atoms with Crippen LogP contribution in [0, 0.1) is 0 Å². The van der Waals surface area contributed by atoms with Crippen LogP contribution in [0.25, 0.3) is 0 Å². The van der Waals surface area contributed by atoms with Crippen molar-refractivity contribution in [2.45, 2.75) is 0 Å². The average molecular weight is 262 g/mol. The van der Waals surface area contributed by atoms with Crippen LogP contribution in [0.2, 0.25) is 0 Å². The molecule has 0 saturated heterocycles. The highest BCUT2D eigenvalue weighted by atomic mass is 16.5. The first kappa shape index (κ1) is 12.9. The minimum Gasteiger partial charge on any atom is -0.497 e. The van der Waals surface area contributed by atoms with Crippen LogP contribution in [0.15, 0.2) is 30.0 Å². The van der Waals surface area contributed by atoms with Crippen molar-refractivity contribution < 1.29 is 19.1 Å². The lowest BCUT2D eigenvalue weighted by Crippen LogP contribution is -2.27. The van der Waals surface area contributed by atoms with Gasteiger partial charge < -0.3 is 14.8 Å². The minimum atomic E-state index is -0.372. The lowest BCUT2D eigenvalue weighted by Gasteiger charge is -2.13. The van der Waals surface area contributed by atoms with E-state index in [4.69, 9.17) is 9.47 Å². The summed E-state index contributed by atoms with van der Waals surface area (Å²) in [5, 5.41) is 2.89. The number of anilines is 1. The molecule has 2 rings (SSSR count). The number of ether oxygens (including phenoxy) is 2. The Morgan fingerprint density at radius 2 is 1.89 bits per heavy atom. The highest BCUT2D eigenvalue weighted by Crippen LogP contribution is 2.30. The summed E-state index contributed by atoms with van der Waals surface area (Å²) < 4.78 is 10.3. The van der Waals surface area contributed by atoms with Crippen LogP contribution in [0.4, 0.5) is 5.69 Å². The molecule has 0 aliphatic carbocycles. The first-order valence-electron chi connectivity index (χ1n) is 5.59. The van der Waals surface area contributed by atoms with Crippen molar-refractivity contribution in [1.82, 2.24) is 4.90 Å². The Morgan fingerprint density at radius 3 is 2.42 bits per heavy atom. The predicted molar refractivity (Wildman–Crippen MR) is 69.0 cm³/mol. The van der Waals surface area contributed by atoms with E-state index in [1.807, 2.05) is 0 Å². The van der Waals surface area contributed by atoms with Crippen molar-refractivity contribution in [3.8, 4) is 11.5 Å². The van der Waals surface area contributed by atoms with Crippen LogP contribution in [-0.2, 0) is 9.59 Å². The first-order valence-corrected chi connectivity index (χ1v) is 5.59. The summed E-state index contributed by atoms with van der Waals surface area (Å²) in [7, 11) is 4.50. The van der Waals surface area contributed by atoms with Crippen molar-refractivity contribution in [3.05, 3.63) is 30.0 Å². The fourth-order valence-corrected chi connectivity index (χ4v) is 1.70. The van der Waals surface area contributed by atoms with Crippen molar-refractivity contribution in [1.29, 1.82) is 0 Å². The maximum atomic E-state index is 11.8. The van der Waals surface area contributed by atoms with Crippen molar-refractivity contribution in [2.75, 3.05) is 26.6 Å². The van der Waals surface area contributed by atoms with Crippen LogP contribution in [0.1, 0.15) is 0 Å². The number of amides is 2. The molecule has 2 amide bonds. The van der Waals surface area contributed by atoms with Gasteiger partial charge in [0.15, 0.2) is 0 Å². The molecule has 100 valence electrons. The molecule has 1 aliphatic rings. The summed E-state index contributed by atoms with van der Waals surface area (Å²) >= 11 is 0. The molecule has 6 heteroatoms. The molecule has 1 N–H and O–H groups in total. The third kappa shape index (κ3) is 2.37. The largest absolute Gasteiger partial charge is 0.497 e. The highest BCUT2D eigenvalue weighted by molar-refractivity contribution is 6.17. The molecule has 1 aliphatic heterocycles. The Kier molecular flexibility index (Phi) is 3.41. The van der Waals surface area contributed by atoms with Crippen molar-refractivity contribution >= 4 is 17.5 Å². The number of hydrogen-bond donors (Lipinski definition) is 1. The van der Waals surface area contributed by atoms with E-state index in [2.05, 4.69) is 5.32 Å². The SMILES string of the molecule is COc1ccc(NC2=CC(=O)N(C)C2=O)c(OC)c1. The number of imide groups is 1. The van der Waals surface area contributed by atoms with Crippen molar-refractivity contribution in [3.63, 3.8) is 0 Å². The lowest BCUT2D eigenvalue weighted by molar-refractivity contribution is -0.135. The molecular weight excluding hydrogens is 248 g/mol. The first-order chi connectivity index (χ1) is 9.06. The van der Waals surface area contributed by atoms with Gasteiger partial charge in [0, 0.05) is 19.2 Å². The van der Waals surface area contributed by atoms with Gasteiger partial charge in [0.1, 0.15) is 17.2 Å². The zero-order chi connectivity index (χ0) is 14.0. The fraction of sp³-hybridized carbons (Fsp3) is 0.231. The summed E-state index contributed by atoms with van der Waals surface area (Å²) in [5.41, 5.74) is 0.807. The number of nitrogens with zero attached hydrogens (tertiary/aromatic N) is 1. The number of benzene rings is 1. The van der Waals surface area contributed by atoms with E-state index >= 15 is 0 Å². The quantitative estimate of drug-likeness (QED) is 0.820. The van der Waals surface area contributed by atoms with Gasteiger partial charge in [-0.15, -0.1) is 0 Å². The second kappa shape index (κ2) is 5.01. The van der Waals surface area contributed by atoms with Gasteiger partial charge in [0.05, 0.1) is 19.9 Å². The Morgan fingerprint density at radius 1 is 1.16 bits per heavy atom. The molecule has 0 fully saturated rings. The van der Waals surface area contributed by atoms with Crippen LogP contribution >= 0.6 is 0 Å². The monoisotopic (exact) mass is 262 g/mol. The van der Waals surface area contributed by atoms with Gasteiger partial charge in [-0.1, -0.05) is 0 Å². The molecule has 1 aromatic carbocycles. The molecule has 0 aromatic heterocycles. The number of likely N-dealkylation sites (N-methyl/N-ethyl adjacent to an activating group) is 1. The van der Waals surface area contributed by atoms with Gasteiger partial charge in [-0.3, -0.25) is 14.5 Å². The summed E-state index contributed by atoms with van der Waals surface area (Å²) in [6, 6.07) is 5.14.